The van der Waals surface area contributed by atoms with E-state index >= 15 is 0 Å². The van der Waals surface area contributed by atoms with Gasteiger partial charge in [-0.05, 0) is 25.8 Å². The van der Waals surface area contributed by atoms with E-state index in [0.717, 1.165) is 23.4 Å². The van der Waals surface area contributed by atoms with E-state index < -0.39 is 11.4 Å². The van der Waals surface area contributed by atoms with Crippen molar-refractivity contribution in [3.8, 4) is 11.3 Å². The van der Waals surface area contributed by atoms with Crippen molar-refractivity contribution in [1.29, 1.82) is 0 Å². The first kappa shape index (κ1) is 12.8. The molecule has 2 aromatic rings. The van der Waals surface area contributed by atoms with Crippen molar-refractivity contribution in [3.05, 3.63) is 47.9 Å². The SMILES string of the molecule is Cc1cc(-c2ccccc2)nc(C2(C(=O)O)CCC2)n1. The molecule has 1 aliphatic rings. The van der Waals surface area contributed by atoms with E-state index in [1.165, 1.54) is 0 Å². The molecule has 1 saturated carbocycles. The number of aliphatic carboxylic acids is 1. The van der Waals surface area contributed by atoms with Crippen molar-refractivity contribution in [2.45, 2.75) is 31.6 Å². The van der Waals surface area contributed by atoms with Crippen LogP contribution in [0.4, 0.5) is 0 Å². The Labute approximate surface area is 117 Å². The zero-order chi connectivity index (χ0) is 14.2. The zero-order valence-electron chi connectivity index (χ0n) is 11.3. The smallest absolute Gasteiger partial charge is 0.317 e. The van der Waals surface area contributed by atoms with Gasteiger partial charge in [0.25, 0.3) is 0 Å². The van der Waals surface area contributed by atoms with E-state index in [4.69, 9.17) is 0 Å². The fraction of sp³-hybridized carbons (Fsp3) is 0.312. The molecule has 1 fully saturated rings. The number of aromatic nitrogens is 2. The molecule has 0 saturated heterocycles. The van der Waals surface area contributed by atoms with Crippen LogP contribution >= 0.6 is 0 Å². The molecule has 0 atom stereocenters. The van der Waals surface area contributed by atoms with Crippen molar-refractivity contribution in [3.63, 3.8) is 0 Å². The Kier molecular flexibility index (Phi) is 3.01. The number of carbonyl (C=O) groups is 1. The first-order chi connectivity index (χ1) is 9.62. The van der Waals surface area contributed by atoms with Crippen LogP contribution in [0.25, 0.3) is 11.3 Å². The number of benzene rings is 1. The molecule has 1 heterocycles. The molecule has 20 heavy (non-hydrogen) atoms. The molecule has 102 valence electrons. The molecule has 0 amide bonds. The molecule has 4 heteroatoms. The Bertz CT molecular complexity index is 649. The maximum Gasteiger partial charge on any atom is 0.317 e. The third-order valence-electron chi connectivity index (χ3n) is 3.97. The number of carboxylic acids is 1. The summed E-state index contributed by atoms with van der Waals surface area (Å²) in [6.45, 7) is 1.88. The highest BCUT2D eigenvalue weighted by atomic mass is 16.4. The molecule has 0 radical (unpaired) electrons. The lowest BCUT2D eigenvalue weighted by Gasteiger charge is -2.36. The summed E-state index contributed by atoms with van der Waals surface area (Å²) >= 11 is 0. The average Bonchev–Trinajstić information content (AvgIpc) is 2.37. The minimum absolute atomic E-state index is 0.454. The number of aryl methyl sites for hydroxylation is 1. The van der Waals surface area contributed by atoms with E-state index in [9.17, 15) is 9.90 Å². The highest BCUT2D eigenvalue weighted by Gasteiger charge is 2.48. The van der Waals surface area contributed by atoms with Gasteiger partial charge in [-0.1, -0.05) is 36.8 Å². The van der Waals surface area contributed by atoms with Crippen molar-refractivity contribution in [2.24, 2.45) is 0 Å². The summed E-state index contributed by atoms with van der Waals surface area (Å²) in [6, 6.07) is 11.7. The largest absolute Gasteiger partial charge is 0.480 e. The van der Waals surface area contributed by atoms with Gasteiger partial charge in [-0.15, -0.1) is 0 Å². The van der Waals surface area contributed by atoms with Crippen molar-refractivity contribution in [1.82, 2.24) is 9.97 Å². The quantitative estimate of drug-likeness (QED) is 0.929. The van der Waals surface area contributed by atoms with Crippen LogP contribution in [0.2, 0.25) is 0 Å². The number of rotatable bonds is 3. The van der Waals surface area contributed by atoms with Gasteiger partial charge in [0.15, 0.2) is 0 Å². The first-order valence-electron chi connectivity index (χ1n) is 6.77. The molecule has 3 rings (SSSR count). The number of hydrogen-bond donors (Lipinski definition) is 1. The van der Waals surface area contributed by atoms with Crippen molar-refractivity contribution >= 4 is 5.97 Å². The van der Waals surface area contributed by atoms with Crippen LogP contribution < -0.4 is 0 Å². The number of hydrogen-bond acceptors (Lipinski definition) is 3. The highest BCUT2D eigenvalue weighted by Crippen LogP contribution is 2.42. The summed E-state index contributed by atoms with van der Waals surface area (Å²) in [6.07, 6.45) is 2.17. The van der Waals surface area contributed by atoms with Crippen LogP contribution in [0.5, 0.6) is 0 Å². The van der Waals surface area contributed by atoms with E-state index in [0.29, 0.717) is 18.7 Å². The highest BCUT2D eigenvalue weighted by molar-refractivity contribution is 5.81. The van der Waals surface area contributed by atoms with Crippen LogP contribution in [0, 0.1) is 6.92 Å². The van der Waals surface area contributed by atoms with Crippen LogP contribution in [0.1, 0.15) is 30.8 Å². The zero-order valence-corrected chi connectivity index (χ0v) is 11.3. The lowest BCUT2D eigenvalue weighted by molar-refractivity contribution is -0.147. The topological polar surface area (TPSA) is 63.1 Å². The van der Waals surface area contributed by atoms with E-state index in [1.807, 2.05) is 43.3 Å². The lowest BCUT2D eigenvalue weighted by atomic mass is 9.68. The first-order valence-corrected chi connectivity index (χ1v) is 6.77. The van der Waals surface area contributed by atoms with Crippen LogP contribution in [0.3, 0.4) is 0 Å². The molecule has 0 aliphatic heterocycles. The molecule has 1 N–H and O–H groups in total. The standard InChI is InChI=1S/C16H16N2O2/c1-11-10-13(12-6-3-2-4-7-12)18-14(17-11)16(15(19)20)8-5-9-16/h2-4,6-7,10H,5,8-9H2,1H3,(H,19,20). The second-order valence-corrected chi connectivity index (χ2v) is 5.33. The predicted octanol–water partition coefficient (Wildman–Crippen LogP) is 2.96. The van der Waals surface area contributed by atoms with E-state index in [1.54, 1.807) is 0 Å². The summed E-state index contributed by atoms with van der Waals surface area (Å²) in [4.78, 5) is 20.5. The number of carboxylic acid groups (broad SMARTS) is 1. The second-order valence-electron chi connectivity index (χ2n) is 5.33. The Morgan fingerprint density at radius 2 is 1.90 bits per heavy atom. The maximum atomic E-state index is 11.6. The third-order valence-corrected chi connectivity index (χ3v) is 3.97. The Balaban J connectivity index is 2.10. The van der Waals surface area contributed by atoms with Crippen molar-refractivity contribution in [2.75, 3.05) is 0 Å². The Hall–Kier alpha value is -2.23. The van der Waals surface area contributed by atoms with Gasteiger partial charge in [-0.2, -0.15) is 0 Å². The van der Waals surface area contributed by atoms with Crippen LogP contribution in [0.15, 0.2) is 36.4 Å². The molecule has 1 aromatic heterocycles. The van der Waals surface area contributed by atoms with Gasteiger partial charge in [0.05, 0.1) is 5.69 Å². The Morgan fingerprint density at radius 3 is 2.45 bits per heavy atom. The monoisotopic (exact) mass is 268 g/mol. The van der Waals surface area contributed by atoms with E-state index in [2.05, 4.69) is 9.97 Å². The van der Waals surface area contributed by atoms with Gasteiger partial charge in [0.1, 0.15) is 11.2 Å². The minimum atomic E-state index is -0.879. The summed E-state index contributed by atoms with van der Waals surface area (Å²) < 4.78 is 0. The van der Waals surface area contributed by atoms with Gasteiger partial charge in [-0.3, -0.25) is 4.79 Å². The average molecular weight is 268 g/mol. The molecule has 1 aromatic carbocycles. The molecular weight excluding hydrogens is 252 g/mol. The van der Waals surface area contributed by atoms with Crippen LogP contribution in [-0.4, -0.2) is 21.0 Å². The van der Waals surface area contributed by atoms with E-state index in [-0.39, 0.29) is 0 Å². The molecular formula is C16H16N2O2. The molecule has 1 aliphatic carbocycles. The molecule has 4 nitrogen and oxygen atoms in total. The molecule has 0 spiro atoms. The molecule has 0 unspecified atom stereocenters. The summed E-state index contributed by atoms with van der Waals surface area (Å²) in [5.74, 6) is -0.358. The summed E-state index contributed by atoms with van der Waals surface area (Å²) in [5, 5.41) is 9.51. The Morgan fingerprint density at radius 1 is 1.20 bits per heavy atom. The summed E-state index contributed by atoms with van der Waals surface area (Å²) in [5.41, 5.74) is 1.70. The maximum absolute atomic E-state index is 11.6. The number of nitrogens with zero attached hydrogens (tertiary/aromatic N) is 2. The minimum Gasteiger partial charge on any atom is -0.480 e. The van der Waals surface area contributed by atoms with Gasteiger partial charge in [0, 0.05) is 11.3 Å². The third kappa shape index (κ3) is 1.97. The van der Waals surface area contributed by atoms with Gasteiger partial charge < -0.3 is 5.11 Å². The fourth-order valence-corrected chi connectivity index (χ4v) is 2.60. The van der Waals surface area contributed by atoms with Gasteiger partial charge >= 0.3 is 5.97 Å². The molecule has 0 bridgehead atoms. The normalized spacial score (nSPS) is 16.4. The van der Waals surface area contributed by atoms with Gasteiger partial charge in [-0.25, -0.2) is 9.97 Å². The second kappa shape index (κ2) is 4.71. The fourth-order valence-electron chi connectivity index (χ4n) is 2.60. The van der Waals surface area contributed by atoms with Crippen molar-refractivity contribution < 1.29 is 9.90 Å². The predicted molar refractivity (Wildman–Crippen MR) is 75.4 cm³/mol. The summed E-state index contributed by atoms with van der Waals surface area (Å²) in [7, 11) is 0. The van der Waals surface area contributed by atoms with Gasteiger partial charge in [0.2, 0.25) is 0 Å². The van der Waals surface area contributed by atoms with Crippen LogP contribution in [-0.2, 0) is 10.2 Å². The lowest BCUT2D eigenvalue weighted by Crippen LogP contribution is -2.44.